The standard InChI is InChI=1S/C18H39BO3.C18H36O2.C6H15NO3.C3H6/c1-2-3-4-5-6-7-8-9-10-11-12-13-14-15-16-17-18-22-19(20)21;1-2-3-4-5-6-7-8-9-10-11-12-13-14-15-16-17-18(19)20;8-4-1-7(2-5-9)3-6-10;1-3-2/h20-21H,2-18H2,1H3;2-17H2,1H3,(H,19,20);8-10H,1-6H2;3H,1H2,2H3. The van der Waals surface area contributed by atoms with Crippen LogP contribution in [0.15, 0.2) is 12.7 Å². The molecule has 0 saturated heterocycles. The van der Waals surface area contributed by atoms with Crippen molar-refractivity contribution in [2.24, 2.45) is 0 Å². The Bertz CT molecular complexity index is 661. The third-order valence-corrected chi connectivity index (χ3v) is 9.51. The quantitative estimate of drug-likeness (QED) is 0.0202. The number of hydrogen-bond donors (Lipinski definition) is 6. The van der Waals surface area contributed by atoms with Gasteiger partial charge in [-0.2, -0.15) is 0 Å². The predicted octanol–water partition coefficient (Wildman–Crippen LogP) is 11.0. The highest BCUT2D eigenvalue weighted by molar-refractivity contribution is 6.32. The average molecular weight is 790 g/mol. The summed E-state index contributed by atoms with van der Waals surface area (Å²) in [5.74, 6) is -0.653. The Balaban J connectivity index is -0.000000362. The fourth-order valence-corrected chi connectivity index (χ4v) is 6.25. The van der Waals surface area contributed by atoms with E-state index in [9.17, 15) is 4.79 Å². The van der Waals surface area contributed by atoms with Crippen molar-refractivity contribution in [3.8, 4) is 0 Å². The van der Waals surface area contributed by atoms with Crippen molar-refractivity contribution in [1.29, 1.82) is 0 Å². The Kier molecular flexibility index (Phi) is 65.8. The number of aliphatic hydroxyl groups excluding tert-OH is 3. The predicted molar refractivity (Wildman–Crippen MR) is 236 cm³/mol. The number of carboxylic acid groups (broad SMARTS) is 1. The molecule has 332 valence electrons. The molecule has 0 radical (unpaired) electrons. The van der Waals surface area contributed by atoms with E-state index >= 15 is 0 Å². The van der Waals surface area contributed by atoms with Gasteiger partial charge >= 0.3 is 13.3 Å². The summed E-state index contributed by atoms with van der Waals surface area (Å²) in [6, 6.07) is 0. The Morgan fingerprint density at radius 2 is 0.745 bits per heavy atom. The van der Waals surface area contributed by atoms with Crippen LogP contribution in [0.1, 0.15) is 226 Å². The minimum Gasteiger partial charge on any atom is -0.481 e. The number of aliphatic carboxylic acids is 1. The molecule has 0 rings (SSSR count). The number of carbonyl (C=O) groups is 1. The lowest BCUT2D eigenvalue weighted by atomic mass is 10.0. The first-order valence-electron chi connectivity index (χ1n) is 23.1. The van der Waals surface area contributed by atoms with Gasteiger partial charge in [0, 0.05) is 32.7 Å². The second-order valence-electron chi connectivity index (χ2n) is 15.0. The lowest BCUT2D eigenvalue weighted by Crippen LogP contribution is -2.32. The molecular formula is C45H96BNO8. The van der Waals surface area contributed by atoms with Gasteiger partial charge in [0.05, 0.1) is 19.8 Å². The molecule has 0 saturated carbocycles. The van der Waals surface area contributed by atoms with E-state index in [-0.39, 0.29) is 19.8 Å². The van der Waals surface area contributed by atoms with E-state index in [1.807, 2.05) is 6.92 Å². The summed E-state index contributed by atoms with van der Waals surface area (Å²) < 4.78 is 4.67. The number of aliphatic hydroxyl groups is 3. The van der Waals surface area contributed by atoms with Crippen molar-refractivity contribution in [3.63, 3.8) is 0 Å². The summed E-state index contributed by atoms with van der Waals surface area (Å²) in [5, 5.41) is 51.0. The van der Waals surface area contributed by atoms with Crippen molar-refractivity contribution in [1.82, 2.24) is 4.90 Å². The van der Waals surface area contributed by atoms with E-state index in [4.69, 9.17) is 30.5 Å². The lowest BCUT2D eigenvalue weighted by molar-refractivity contribution is -0.137. The second kappa shape index (κ2) is 59.7. The molecule has 0 aliphatic rings. The van der Waals surface area contributed by atoms with Crippen LogP contribution in [0.5, 0.6) is 0 Å². The molecule has 0 aromatic heterocycles. The fourth-order valence-electron chi connectivity index (χ4n) is 6.25. The maximum atomic E-state index is 10.3. The van der Waals surface area contributed by atoms with Gasteiger partial charge in [-0.15, -0.1) is 6.58 Å². The highest BCUT2D eigenvalue weighted by Crippen LogP contribution is 2.15. The Labute approximate surface area is 342 Å². The summed E-state index contributed by atoms with van der Waals surface area (Å²) >= 11 is 0. The smallest absolute Gasteiger partial charge is 0.481 e. The van der Waals surface area contributed by atoms with Crippen LogP contribution in [0, 0.1) is 0 Å². The Morgan fingerprint density at radius 3 is 0.964 bits per heavy atom. The molecule has 55 heavy (non-hydrogen) atoms. The molecule has 0 amide bonds. The van der Waals surface area contributed by atoms with Crippen LogP contribution in [0.3, 0.4) is 0 Å². The normalized spacial score (nSPS) is 10.6. The highest BCUT2D eigenvalue weighted by atomic mass is 16.6. The second-order valence-corrected chi connectivity index (χ2v) is 15.0. The van der Waals surface area contributed by atoms with Gasteiger partial charge in [-0.25, -0.2) is 0 Å². The third-order valence-electron chi connectivity index (χ3n) is 9.51. The van der Waals surface area contributed by atoms with E-state index in [2.05, 4.69) is 25.1 Å². The maximum absolute atomic E-state index is 10.3. The fraction of sp³-hybridized carbons (Fsp3) is 0.933. The molecule has 0 fully saturated rings. The van der Waals surface area contributed by atoms with Gasteiger partial charge in [0.25, 0.3) is 0 Å². The monoisotopic (exact) mass is 790 g/mol. The van der Waals surface area contributed by atoms with Crippen LogP contribution in [0.2, 0.25) is 0 Å². The molecule has 10 heteroatoms. The lowest BCUT2D eigenvalue weighted by Gasteiger charge is -2.17. The molecule has 0 aromatic carbocycles. The number of allylic oxidation sites excluding steroid dienone is 1. The minimum absolute atomic E-state index is 0.0694. The first-order valence-corrected chi connectivity index (χ1v) is 23.1. The zero-order valence-electron chi connectivity index (χ0n) is 36.9. The number of carboxylic acids is 1. The molecule has 0 spiro atoms. The molecule has 0 aliphatic heterocycles. The van der Waals surface area contributed by atoms with Crippen LogP contribution >= 0.6 is 0 Å². The van der Waals surface area contributed by atoms with Crippen LogP contribution in [0.25, 0.3) is 0 Å². The van der Waals surface area contributed by atoms with Crippen molar-refractivity contribution in [2.75, 3.05) is 46.1 Å². The molecule has 0 atom stereocenters. The zero-order valence-corrected chi connectivity index (χ0v) is 36.9. The van der Waals surface area contributed by atoms with Crippen LogP contribution < -0.4 is 0 Å². The molecular weight excluding hydrogens is 693 g/mol. The summed E-state index contributed by atoms with van der Waals surface area (Å²) in [5.41, 5.74) is 0. The van der Waals surface area contributed by atoms with E-state index in [1.54, 1.807) is 11.0 Å². The highest BCUT2D eigenvalue weighted by Gasteiger charge is 2.06. The van der Waals surface area contributed by atoms with Gasteiger partial charge in [0.2, 0.25) is 0 Å². The molecule has 0 aliphatic carbocycles. The van der Waals surface area contributed by atoms with E-state index in [1.165, 1.54) is 173 Å². The van der Waals surface area contributed by atoms with Gasteiger partial charge in [0.15, 0.2) is 0 Å². The van der Waals surface area contributed by atoms with E-state index in [0.29, 0.717) is 32.7 Å². The largest absolute Gasteiger partial charge is 0.633 e. The van der Waals surface area contributed by atoms with Crippen molar-refractivity contribution in [2.45, 2.75) is 226 Å². The van der Waals surface area contributed by atoms with Gasteiger partial charge in [-0.05, 0) is 19.8 Å². The molecule has 9 nitrogen and oxygen atoms in total. The zero-order chi connectivity index (χ0) is 41.7. The average Bonchev–Trinajstić information content (AvgIpc) is 3.15. The van der Waals surface area contributed by atoms with E-state index < -0.39 is 13.3 Å². The van der Waals surface area contributed by atoms with Gasteiger partial charge < -0.3 is 35.1 Å². The SMILES string of the molecule is C=CC.CCCCCCCCCCCCCCCCCC(=O)O.CCCCCCCCCCCCCCCCCCOB(O)O.OCCN(CCO)CCO. The van der Waals surface area contributed by atoms with E-state index in [0.717, 1.165) is 25.7 Å². The maximum Gasteiger partial charge on any atom is 0.633 e. The summed E-state index contributed by atoms with van der Waals surface area (Å²) in [6.07, 6.45) is 43.5. The molecule has 0 heterocycles. The van der Waals surface area contributed by atoms with Gasteiger partial charge in [-0.3, -0.25) is 9.69 Å². The van der Waals surface area contributed by atoms with Crippen molar-refractivity contribution < 1.29 is 39.9 Å². The van der Waals surface area contributed by atoms with Gasteiger partial charge in [-0.1, -0.05) is 206 Å². The van der Waals surface area contributed by atoms with Crippen LogP contribution in [0.4, 0.5) is 0 Å². The number of rotatable bonds is 40. The van der Waals surface area contributed by atoms with Crippen LogP contribution in [-0.2, 0) is 9.45 Å². The summed E-state index contributed by atoms with van der Waals surface area (Å²) in [4.78, 5) is 12.1. The molecule has 0 aromatic rings. The summed E-state index contributed by atoms with van der Waals surface area (Å²) in [7, 11) is -1.60. The number of unbranched alkanes of at least 4 members (excludes halogenated alkanes) is 29. The molecule has 0 unspecified atom stereocenters. The molecule has 6 N–H and O–H groups in total. The molecule has 0 bridgehead atoms. The first kappa shape index (κ1) is 60.7. The van der Waals surface area contributed by atoms with Gasteiger partial charge in [0.1, 0.15) is 0 Å². The Morgan fingerprint density at radius 1 is 0.509 bits per heavy atom. The van der Waals surface area contributed by atoms with Crippen molar-refractivity contribution >= 4 is 13.3 Å². The number of nitrogens with zero attached hydrogens (tertiary/aromatic N) is 1. The topological polar surface area (TPSA) is 151 Å². The minimum atomic E-state index is -1.60. The summed E-state index contributed by atoms with van der Waals surface area (Å²) in [6.45, 7) is 12.0. The Hall–Kier alpha value is -1.01. The first-order chi connectivity index (χ1) is 26.8. The third kappa shape index (κ3) is 71.2. The van der Waals surface area contributed by atoms with Crippen molar-refractivity contribution in [3.05, 3.63) is 12.7 Å². The number of hydrogen-bond acceptors (Lipinski definition) is 8. The van der Waals surface area contributed by atoms with Crippen LogP contribution in [-0.4, -0.2) is 94.7 Å².